The SMILES string of the molecule is CO[C@@H](C)/C=C\C(=O)N[C@@H]1C[C@H](C)C(CC(C)(C)[C@@H](C)[C@@H]2C[C@@]3(CCO2)CO3)O[C@@H]1C. The molecule has 0 aromatic carbocycles. The quantitative estimate of drug-likeness (QED) is 0.461. The minimum Gasteiger partial charge on any atom is -0.378 e. The molecule has 0 radical (unpaired) electrons. The summed E-state index contributed by atoms with van der Waals surface area (Å²) in [6, 6.07) is 0.0235. The van der Waals surface area contributed by atoms with Crippen LogP contribution in [0.25, 0.3) is 0 Å². The second-order valence-corrected chi connectivity index (χ2v) is 10.8. The zero-order valence-corrected chi connectivity index (χ0v) is 20.5. The highest BCUT2D eigenvalue weighted by Gasteiger charge is 2.51. The fourth-order valence-electron chi connectivity index (χ4n) is 5.02. The minimum absolute atomic E-state index is 0.0152. The summed E-state index contributed by atoms with van der Waals surface area (Å²) < 4.78 is 23.5. The van der Waals surface area contributed by atoms with Crippen molar-refractivity contribution in [2.75, 3.05) is 20.3 Å². The zero-order chi connectivity index (χ0) is 22.8. The van der Waals surface area contributed by atoms with Crippen molar-refractivity contribution in [3.8, 4) is 0 Å². The number of hydrogen-bond acceptors (Lipinski definition) is 5. The minimum atomic E-state index is -0.0883. The highest BCUT2D eigenvalue weighted by molar-refractivity contribution is 5.87. The summed E-state index contributed by atoms with van der Waals surface area (Å²) in [4.78, 5) is 12.3. The van der Waals surface area contributed by atoms with Crippen LogP contribution in [-0.4, -0.2) is 62.3 Å². The average molecular weight is 438 g/mol. The van der Waals surface area contributed by atoms with Gasteiger partial charge in [0.25, 0.3) is 0 Å². The molecule has 1 N–H and O–H groups in total. The van der Waals surface area contributed by atoms with E-state index in [-0.39, 0.29) is 47.4 Å². The maximum Gasteiger partial charge on any atom is 0.244 e. The van der Waals surface area contributed by atoms with Crippen LogP contribution in [0.2, 0.25) is 0 Å². The van der Waals surface area contributed by atoms with Crippen LogP contribution < -0.4 is 5.32 Å². The first kappa shape index (κ1) is 24.7. The van der Waals surface area contributed by atoms with Crippen molar-refractivity contribution in [1.29, 1.82) is 0 Å². The predicted molar refractivity (Wildman–Crippen MR) is 121 cm³/mol. The van der Waals surface area contributed by atoms with E-state index in [2.05, 4.69) is 39.9 Å². The van der Waals surface area contributed by atoms with Crippen molar-refractivity contribution in [3.63, 3.8) is 0 Å². The highest BCUT2D eigenvalue weighted by atomic mass is 16.6. The Kier molecular flexibility index (Phi) is 7.88. The van der Waals surface area contributed by atoms with Crippen molar-refractivity contribution in [1.82, 2.24) is 5.32 Å². The van der Waals surface area contributed by atoms with Gasteiger partial charge in [-0.3, -0.25) is 4.79 Å². The molecule has 31 heavy (non-hydrogen) atoms. The van der Waals surface area contributed by atoms with E-state index in [4.69, 9.17) is 18.9 Å². The molecule has 0 aromatic heterocycles. The highest BCUT2D eigenvalue weighted by Crippen LogP contribution is 2.46. The van der Waals surface area contributed by atoms with E-state index in [0.717, 1.165) is 38.9 Å². The van der Waals surface area contributed by atoms with Crippen LogP contribution in [-0.2, 0) is 23.7 Å². The van der Waals surface area contributed by atoms with E-state index in [1.807, 2.05) is 6.92 Å². The Hall–Kier alpha value is -0.950. The Morgan fingerprint density at radius 1 is 1.32 bits per heavy atom. The first-order valence-corrected chi connectivity index (χ1v) is 12.0. The Balaban J connectivity index is 1.53. The van der Waals surface area contributed by atoms with Gasteiger partial charge in [-0.1, -0.05) is 33.8 Å². The monoisotopic (exact) mass is 437 g/mol. The maximum absolute atomic E-state index is 12.3. The molecule has 3 fully saturated rings. The Morgan fingerprint density at radius 3 is 2.68 bits per heavy atom. The van der Waals surface area contributed by atoms with Gasteiger partial charge in [0.05, 0.1) is 42.7 Å². The molecule has 0 aromatic rings. The molecule has 1 unspecified atom stereocenters. The largest absolute Gasteiger partial charge is 0.378 e. The molecule has 3 rings (SSSR count). The fraction of sp³-hybridized carbons (Fsp3) is 0.880. The topological polar surface area (TPSA) is 69.3 Å². The summed E-state index contributed by atoms with van der Waals surface area (Å²) in [6.45, 7) is 14.9. The number of epoxide rings is 1. The van der Waals surface area contributed by atoms with Crippen molar-refractivity contribution in [3.05, 3.63) is 12.2 Å². The van der Waals surface area contributed by atoms with Crippen LogP contribution in [0.15, 0.2) is 12.2 Å². The molecule has 0 aliphatic carbocycles. The van der Waals surface area contributed by atoms with Gasteiger partial charge < -0.3 is 24.3 Å². The number of carbonyl (C=O) groups excluding carboxylic acids is 1. The summed E-state index contributed by atoms with van der Waals surface area (Å²) in [5, 5.41) is 3.11. The first-order chi connectivity index (χ1) is 14.5. The van der Waals surface area contributed by atoms with E-state index in [1.165, 1.54) is 0 Å². The molecule has 3 saturated heterocycles. The van der Waals surface area contributed by atoms with Crippen LogP contribution in [0, 0.1) is 17.3 Å². The number of hydrogen-bond donors (Lipinski definition) is 1. The molecule has 1 amide bonds. The maximum atomic E-state index is 12.3. The molecule has 1 spiro atoms. The van der Waals surface area contributed by atoms with Crippen LogP contribution in [0.3, 0.4) is 0 Å². The van der Waals surface area contributed by atoms with Crippen molar-refractivity contribution >= 4 is 5.91 Å². The van der Waals surface area contributed by atoms with Gasteiger partial charge in [-0.25, -0.2) is 0 Å². The van der Waals surface area contributed by atoms with E-state index in [0.29, 0.717) is 11.8 Å². The molecular weight excluding hydrogens is 394 g/mol. The lowest BCUT2D eigenvalue weighted by atomic mass is 9.69. The second kappa shape index (κ2) is 9.90. The van der Waals surface area contributed by atoms with E-state index >= 15 is 0 Å². The normalized spacial score (nSPS) is 38.2. The third-order valence-corrected chi connectivity index (χ3v) is 7.97. The summed E-state index contributed by atoms with van der Waals surface area (Å²) in [6.07, 6.45) is 7.61. The third-order valence-electron chi connectivity index (χ3n) is 7.97. The lowest BCUT2D eigenvalue weighted by molar-refractivity contribution is -0.132. The van der Waals surface area contributed by atoms with Gasteiger partial charge in [-0.05, 0) is 43.9 Å². The fourth-order valence-corrected chi connectivity index (χ4v) is 5.02. The lowest BCUT2D eigenvalue weighted by Crippen LogP contribution is -2.52. The standard InChI is InChI=1S/C25H43NO5/c1-16-12-20(26-23(27)9-8-17(2)28-7)19(4)31-21(16)13-24(5,6)18(3)22-14-25(15-30-25)10-11-29-22/h8-9,16-22H,10-15H2,1-7H3,(H,26,27)/b9-8-/t16-,17-,18-,19+,20+,21?,22-,25-/m0/s1. The molecule has 8 atom stereocenters. The molecule has 0 bridgehead atoms. The molecule has 6 nitrogen and oxygen atoms in total. The molecule has 3 heterocycles. The Labute approximate surface area is 188 Å². The molecular formula is C25H43NO5. The van der Waals surface area contributed by atoms with Crippen molar-refractivity contribution < 1.29 is 23.7 Å². The van der Waals surface area contributed by atoms with E-state index < -0.39 is 0 Å². The number of nitrogens with one attached hydrogen (secondary N) is 1. The number of rotatable bonds is 8. The molecule has 6 heteroatoms. The zero-order valence-electron chi connectivity index (χ0n) is 20.5. The summed E-state index contributed by atoms with van der Waals surface area (Å²) >= 11 is 0. The number of methoxy groups -OCH3 is 1. The molecule has 3 aliphatic heterocycles. The van der Waals surface area contributed by atoms with Gasteiger partial charge in [0, 0.05) is 32.6 Å². The van der Waals surface area contributed by atoms with Crippen molar-refractivity contribution in [2.24, 2.45) is 17.3 Å². The van der Waals surface area contributed by atoms with Crippen molar-refractivity contribution in [2.45, 2.75) is 103 Å². The lowest BCUT2D eigenvalue weighted by Gasteiger charge is -2.46. The third kappa shape index (κ3) is 6.31. The molecule has 0 saturated carbocycles. The van der Waals surface area contributed by atoms with Crippen LogP contribution in [0.4, 0.5) is 0 Å². The molecule has 3 aliphatic rings. The summed E-state index contributed by atoms with van der Waals surface area (Å²) in [7, 11) is 1.63. The van der Waals surface area contributed by atoms with Gasteiger partial charge in [-0.2, -0.15) is 0 Å². The van der Waals surface area contributed by atoms with Crippen LogP contribution in [0.1, 0.15) is 67.2 Å². The summed E-state index contributed by atoms with van der Waals surface area (Å²) in [5.74, 6) is 0.708. The smallest absolute Gasteiger partial charge is 0.244 e. The number of carbonyl (C=O) groups is 1. The summed E-state index contributed by atoms with van der Waals surface area (Å²) in [5.41, 5.74) is 0.198. The predicted octanol–water partition coefficient (Wildman–Crippen LogP) is 3.88. The molecule has 178 valence electrons. The van der Waals surface area contributed by atoms with E-state index in [9.17, 15) is 4.79 Å². The van der Waals surface area contributed by atoms with Gasteiger partial charge in [0.15, 0.2) is 0 Å². The van der Waals surface area contributed by atoms with Crippen LogP contribution in [0.5, 0.6) is 0 Å². The van der Waals surface area contributed by atoms with E-state index in [1.54, 1.807) is 19.3 Å². The first-order valence-electron chi connectivity index (χ1n) is 12.0. The number of amides is 1. The average Bonchev–Trinajstić information content (AvgIpc) is 3.47. The van der Waals surface area contributed by atoms with Gasteiger partial charge in [-0.15, -0.1) is 0 Å². The van der Waals surface area contributed by atoms with Gasteiger partial charge in [0.1, 0.15) is 0 Å². The van der Waals surface area contributed by atoms with Crippen LogP contribution >= 0.6 is 0 Å². The van der Waals surface area contributed by atoms with Gasteiger partial charge in [0.2, 0.25) is 5.91 Å². The van der Waals surface area contributed by atoms with Gasteiger partial charge >= 0.3 is 0 Å². The Bertz CT molecular complexity index is 644. The Morgan fingerprint density at radius 2 is 2.03 bits per heavy atom. The second-order valence-electron chi connectivity index (χ2n) is 10.8. The number of ether oxygens (including phenoxy) is 4.